The molecule has 2 N–H and O–H groups in total. The van der Waals surface area contributed by atoms with Crippen LogP contribution in [0.1, 0.15) is 37.7 Å². The Hall–Kier alpha value is -1.88. The van der Waals surface area contributed by atoms with Gasteiger partial charge in [-0.2, -0.15) is 5.10 Å². The predicted octanol–water partition coefficient (Wildman–Crippen LogP) is 3.27. The zero-order valence-corrected chi connectivity index (χ0v) is 13.8. The van der Waals surface area contributed by atoms with Crippen molar-refractivity contribution in [2.24, 2.45) is 16.9 Å². The van der Waals surface area contributed by atoms with Gasteiger partial charge in [-0.05, 0) is 43.9 Å². The van der Waals surface area contributed by atoms with E-state index in [1.165, 1.54) is 0 Å². The van der Waals surface area contributed by atoms with E-state index in [4.69, 9.17) is 11.6 Å². The highest BCUT2D eigenvalue weighted by Crippen LogP contribution is 2.32. The van der Waals surface area contributed by atoms with Crippen LogP contribution in [0.2, 0.25) is 5.02 Å². The van der Waals surface area contributed by atoms with E-state index in [9.17, 15) is 9.59 Å². The van der Waals surface area contributed by atoms with Crippen molar-refractivity contribution in [2.45, 2.75) is 39.0 Å². The molecule has 0 radical (unpaired) electrons. The molecule has 2 atom stereocenters. The summed E-state index contributed by atoms with van der Waals surface area (Å²) >= 11 is 6.07. The summed E-state index contributed by atoms with van der Waals surface area (Å²) in [4.78, 5) is 24.4. The van der Waals surface area contributed by atoms with Crippen molar-refractivity contribution in [3.8, 4) is 0 Å². The molecule has 1 fully saturated rings. The van der Waals surface area contributed by atoms with Crippen LogP contribution in [-0.4, -0.2) is 17.5 Å². The SMILES string of the molecule is Cc1ccc(NC(=O)CC2C(=O)NN=C3CCCCC32)cc1Cl. The van der Waals surface area contributed by atoms with Gasteiger partial charge in [0.2, 0.25) is 11.8 Å². The van der Waals surface area contributed by atoms with Gasteiger partial charge in [-0.3, -0.25) is 9.59 Å². The molecule has 23 heavy (non-hydrogen) atoms. The molecule has 3 rings (SSSR count). The maximum Gasteiger partial charge on any atom is 0.244 e. The molecular formula is C17H20ClN3O2. The Balaban J connectivity index is 1.67. The molecule has 0 bridgehead atoms. The second-order valence-corrected chi connectivity index (χ2v) is 6.66. The molecule has 0 spiro atoms. The summed E-state index contributed by atoms with van der Waals surface area (Å²) in [5.41, 5.74) is 5.21. The van der Waals surface area contributed by atoms with Crippen LogP contribution >= 0.6 is 11.6 Å². The van der Waals surface area contributed by atoms with Crippen LogP contribution in [0.3, 0.4) is 0 Å². The Bertz CT molecular complexity index is 672. The van der Waals surface area contributed by atoms with Gasteiger partial charge in [0.25, 0.3) is 0 Å². The van der Waals surface area contributed by atoms with Crippen LogP contribution in [0, 0.1) is 18.8 Å². The van der Waals surface area contributed by atoms with Gasteiger partial charge in [-0.1, -0.05) is 24.1 Å². The van der Waals surface area contributed by atoms with Gasteiger partial charge >= 0.3 is 0 Å². The largest absolute Gasteiger partial charge is 0.326 e. The summed E-state index contributed by atoms with van der Waals surface area (Å²) in [6, 6.07) is 5.40. The summed E-state index contributed by atoms with van der Waals surface area (Å²) in [5.74, 6) is -0.553. The Labute approximate surface area is 140 Å². The van der Waals surface area contributed by atoms with Gasteiger partial charge in [0.05, 0.1) is 5.92 Å². The van der Waals surface area contributed by atoms with E-state index in [-0.39, 0.29) is 30.1 Å². The molecule has 5 nitrogen and oxygen atoms in total. The Morgan fingerprint density at radius 2 is 2.26 bits per heavy atom. The minimum atomic E-state index is -0.330. The number of rotatable bonds is 3. The Kier molecular flexibility index (Phi) is 4.66. The zero-order chi connectivity index (χ0) is 16.4. The Morgan fingerprint density at radius 1 is 1.43 bits per heavy atom. The van der Waals surface area contributed by atoms with Crippen molar-refractivity contribution in [1.29, 1.82) is 0 Å². The smallest absolute Gasteiger partial charge is 0.244 e. The van der Waals surface area contributed by atoms with Crippen LogP contribution in [0.25, 0.3) is 0 Å². The number of fused-ring (bicyclic) bond motifs is 1. The number of nitrogens with zero attached hydrogens (tertiary/aromatic N) is 1. The molecule has 2 aliphatic rings. The molecule has 0 saturated heterocycles. The molecule has 1 aliphatic heterocycles. The van der Waals surface area contributed by atoms with Crippen LogP contribution in [0.4, 0.5) is 5.69 Å². The fourth-order valence-corrected chi connectivity index (χ4v) is 3.49. The van der Waals surface area contributed by atoms with Crippen molar-refractivity contribution < 1.29 is 9.59 Å². The lowest BCUT2D eigenvalue weighted by molar-refractivity contribution is -0.130. The van der Waals surface area contributed by atoms with Gasteiger partial charge in [0.15, 0.2) is 0 Å². The van der Waals surface area contributed by atoms with E-state index in [1.54, 1.807) is 6.07 Å². The summed E-state index contributed by atoms with van der Waals surface area (Å²) in [6.45, 7) is 1.91. The average Bonchev–Trinajstić information content (AvgIpc) is 2.54. The van der Waals surface area contributed by atoms with E-state index < -0.39 is 0 Å². The lowest BCUT2D eigenvalue weighted by Crippen LogP contribution is -2.44. The maximum absolute atomic E-state index is 12.3. The van der Waals surface area contributed by atoms with Crippen LogP contribution < -0.4 is 10.7 Å². The van der Waals surface area contributed by atoms with Crippen LogP contribution in [-0.2, 0) is 9.59 Å². The lowest BCUT2D eigenvalue weighted by atomic mass is 9.76. The fraction of sp³-hybridized carbons (Fsp3) is 0.471. The molecule has 122 valence electrons. The number of hydrogen-bond donors (Lipinski definition) is 2. The number of hydrogen-bond acceptors (Lipinski definition) is 3. The third-order valence-electron chi connectivity index (χ3n) is 4.62. The van der Waals surface area contributed by atoms with Crippen molar-refractivity contribution in [2.75, 3.05) is 5.32 Å². The normalized spacial score (nSPS) is 23.6. The first kappa shape index (κ1) is 16.0. The molecular weight excluding hydrogens is 314 g/mol. The number of halogens is 1. The van der Waals surface area contributed by atoms with Gasteiger partial charge < -0.3 is 5.32 Å². The minimum Gasteiger partial charge on any atom is -0.326 e. The lowest BCUT2D eigenvalue weighted by Gasteiger charge is -2.33. The molecule has 1 aromatic carbocycles. The van der Waals surface area contributed by atoms with Gasteiger partial charge in [0.1, 0.15) is 0 Å². The summed E-state index contributed by atoms with van der Waals surface area (Å²) in [6.07, 6.45) is 4.20. The summed E-state index contributed by atoms with van der Waals surface area (Å²) < 4.78 is 0. The number of carbonyl (C=O) groups is 2. The van der Waals surface area contributed by atoms with E-state index >= 15 is 0 Å². The van der Waals surface area contributed by atoms with Crippen molar-refractivity contribution in [1.82, 2.24) is 5.43 Å². The summed E-state index contributed by atoms with van der Waals surface area (Å²) in [7, 11) is 0. The number of hydrazone groups is 1. The highest BCUT2D eigenvalue weighted by Gasteiger charge is 2.37. The zero-order valence-electron chi connectivity index (χ0n) is 13.1. The second kappa shape index (κ2) is 6.71. The number of aryl methyl sites for hydroxylation is 1. The van der Waals surface area contributed by atoms with Crippen molar-refractivity contribution in [3.05, 3.63) is 28.8 Å². The van der Waals surface area contributed by atoms with Crippen molar-refractivity contribution in [3.63, 3.8) is 0 Å². The molecule has 1 saturated carbocycles. The monoisotopic (exact) mass is 333 g/mol. The average molecular weight is 334 g/mol. The van der Waals surface area contributed by atoms with E-state index in [2.05, 4.69) is 15.8 Å². The molecule has 6 heteroatoms. The van der Waals surface area contributed by atoms with E-state index in [1.807, 2.05) is 19.1 Å². The van der Waals surface area contributed by atoms with Gasteiger partial charge in [-0.25, -0.2) is 5.43 Å². The first-order chi connectivity index (χ1) is 11.0. The Morgan fingerprint density at radius 3 is 3.04 bits per heavy atom. The molecule has 1 heterocycles. The topological polar surface area (TPSA) is 70.6 Å². The third kappa shape index (κ3) is 3.55. The molecule has 0 aromatic heterocycles. The van der Waals surface area contributed by atoms with E-state index in [0.29, 0.717) is 10.7 Å². The highest BCUT2D eigenvalue weighted by molar-refractivity contribution is 6.31. The van der Waals surface area contributed by atoms with Crippen LogP contribution in [0.5, 0.6) is 0 Å². The molecule has 2 amide bonds. The van der Waals surface area contributed by atoms with Gasteiger partial charge in [-0.15, -0.1) is 0 Å². The number of amides is 2. The second-order valence-electron chi connectivity index (χ2n) is 6.25. The first-order valence-corrected chi connectivity index (χ1v) is 8.34. The van der Waals surface area contributed by atoms with Crippen LogP contribution in [0.15, 0.2) is 23.3 Å². The van der Waals surface area contributed by atoms with Crippen molar-refractivity contribution >= 4 is 34.8 Å². The molecule has 2 unspecified atom stereocenters. The number of benzene rings is 1. The third-order valence-corrected chi connectivity index (χ3v) is 5.03. The highest BCUT2D eigenvalue weighted by atomic mass is 35.5. The quantitative estimate of drug-likeness (QED) is 0.891. The first-order valence-electron chi connectivity index (χ1n) is 7.97. The predicted molar refractivity (Wildman–Crippen MR) is 90.5 cm³/mol. The summed E-state index contributed by atoms with van der Waals surface area (Å²) in [5, 5.41) is 7.60. The number of carbonyl (C=O) groups excluding carboxylic acids is 2. The standard InChI is InChI=1S/C17H20ClN3O2/c1-10-6-7-11(8-14(10)18)19-16(22)9-13-12-4-2-3-5-15(12)20-21-17(13)23/h6-8,12-13H,2-5,9H2,1H3,(H,19,22)(H,21,23). The minimum absolute atomic E-state index is 0.102. The molecule has 1 aromatic rings. The maximum atomic E-state index is 12.3. The van der Waals surface area contributed by atoms with E-state index in [0.717, 1.165) is 37.0 Å². The van der Waals surface area contributed by atoms with Gasteiger partial charge in [0, 0.05) is 28.8 Å². The number of anilines is 1. The fourth-order valence-electron chi connectivity index (χ4n) is 3.30. The molecule has 1 aliphatic carbocycles. The number of nitrogens with one attached hydrogen (secondary N) is 2.